The lowest BCUT2D eigenvalue weighted by atomic mass is 9.89. The van der Waals surface area contributed by atoms with Crippen LogP contribution in [-0.2, 0) is 4.74 Å². The molecule has 1 fully saturated rings. The average Bonchev–Trinajstić information content (AvgIpc) is 2.82. The molecule has 0 saturated heterocycles. The summed E-state index contributed by atoms with van der Waals surface area (Å²) in [6, 6.07) is 0. The fourth-order valence-electron chi connectivity index (χ4n) is 3.38. The number of unbranched alkanes of at least 4 members (excludes halogenated alkanes) is 3. The summed E-state index contributed by atoms with van der Waals surface area (Å²) in [6.45, 7) is 2.91. The lowest BCUT2D eigenvalue weighted by Gasteiger charge is -2.19. The summed E-state index contributed by atoms with van der Waals surface area (Å²) in [7, 11) is 1.70. The van der Waals surface area contributed by atoms with Crippen molar-refractivity contribution in [3.63, 3.8) is 0 Å². The van der Waals surface area contributed by atoms with Crippen LogP contribution in [-0.4, -0.2) is 47.3 Å². The Balaban J connectivity index is 2.46. The van der Waals surface area contributed by atoms with Crippen LogP contribution in [0.3, 0.4) is 0 Å². The maximum atomic E-state index is 10.2. The third kappa shape index (κ3) is 7.93. The van der Waals surface area contributed by atoms with Crippen molar-refractivity contribution >= 4 is 0 Å². The van der Waals surface area contributed by atoms with Crippen LogP contribution in [0.5, 0.6) is 0 Å². The van der Waals surface area contributed by atoms with Crippen molar-refractivity contribution in [1.82, 2.24) is 0 Å². The molecule has 3 N–H and O–H groups in total. The Hall–Kier alpha value is -0.680. The van der Waals surface area contributed by atoms with E-state index < -0.39 is 18.3 Å². The fraction of sp³-hybridized carbons (Fsp3) is 0.800. The van der Waals surface area contributed by atoms with Gasteiger partial charge < -0.3 is 20.1 Å². The van der Waals surface area contributed by atoms with E-state index in [2.05, 4.69) is 19.1 Å². The number of allylic oxidation sites excluding steroid dienone is 2. The van der Waals surface area contributed by atoms with Gasteiger partial charge in [-0.2, -0.15) is 0 Å². The standard InChI is InChI=1S/C20H36O4/c1-3-4-7-10-16(21)12-13-18-17(19(22)15-20(18)23)11-8-5-6-9-14-24-2/h5,8,12-13,16-23H,3-4,6-7,9-11,14-15H2,1-2H3/b8-5-,13-12+/t16-,17+,18+,19-,20+/m0/s1. The van der Waals surface area contributed by atoms with Gasteiger partial charge in [0.25, 0.3) is 0 Å². The lowest BCUT2D eigenvalue weighted by molar-refractivity contribution is 0.120. The predicted molar refractivity (Wildman–Crippen MR) is 97.8 cm³/mol. The maximum absolute atomic E-state index is 10.2. The van der Waals surface area contributed by atoms with E-state index in [0.717, 1.165) is 51.6 Å². The molecule has 0 heterocycles. The highest BCUT2D eigenvalue weighted by molar-refractivity contribution is 5.06. The van der Waals surface area contributed by atoms with Crippen LogP contribution < -0.4 is 0 Å². The molecule has 0 spiro atoms. The van der Waals surface area contributed by atoms with Crippen molar-refractivity contribution in [1.29, 1.82) is 0 Å². The summed E-state index contributed by atoms with van der Waals surface area (Å²) < 4.78 is 5.02. The Labute approximate surface area is 147 Å². The van der Waals surface area contributed by atoms with Gasteiger partial charge in [-0.3, -0.25) is 0 Å². The second-order valence-corrected chi connectivity index (χ2v) is 6.90. The molecule has 0 bridgehead atoms. The summed E-state index contributed by atoms with van der Waals surface area (Å²) in [5.41, 5.74) is 0. The van der Waals surface area contributed by atoms with Gasteiger partial charge in [0.05, 0.1) is 18.3 Å². The van der Waals surface area contributed by atoms with E-state index in [1.54, 1.807) is 13.2 Å². The molecule has 140 valence electrons. The van der Waals surface area contributed by atoms with Gasteiger partial charge in [-0.25, -0.2) is 0 Å². The van der Waals surface area contributed by atoms with Gasteiger partial charge >= 0.3 is 0 Å². The molecular formula is C20H36O4. The van der Waals surface area contributed by atoms with Crippen LogP contribution in [0.4, 0.5) is 0 Å². The molecule has 24 heavy (non-hydrogen) atoms. The number of methoxy groups -OCH3 is 1. The van der Waals surface area contributed by atoms with Crippen molar-refractivity contribution in [2.45, 2.75) is 76.6 Å². The van der Waals surface area contributed by atoms with Gasteiger partial charge in [0.15, 0.2) is 0 Å². The summed E-state index contributed by atoms with van der Waals surface area (Å²) in [5, 5.41) is 30.4. The predicted octanol–water partition coefficient (Wildman–Crippen LogP) is 3.21. The minimum absolute atomic E-state index is 0.0257. The minimum Gasteiger partial charge on any atom is -0.393 e. The van der Waals surface area contributed by atoms with Crippen LogP contribution in [0.1, 0.15) is 58.3 Å². The monoisotopic (exact) mass is 340 g/mol. The highest BCUT2D eigenvalue weighted by Gasteiger charge is 2.39. The van der Waals surface area contributed by atoms with Crippen molar-refractivity contribution < 1.29 is 20.1 Å². The third-order valence-corrected chi connectivity index (χ3v) is 4.87. The molecule has 0 unspecified atom stereocenters. The molecule has 0 aromatic rings. The van der Waals surface area contributed by atoms with Crippen LogP contribution in [0.2, 0.25) is 0 Å². The second-order valence-electron chi connectivity index (χ2n) is 6.90. The van der Waals surface area contributed by atoms with E-state index in [1.165, 1.54) is 0 Å². The number of ether oxygens (including phenoxy) is 1. The van der Waals surface area contributed by atoms with Gasteiger partial charge in [0.1, 0.15) is 0 Å². The number of hydrogen-bond donors (Lipinski definition) is 3. The Morgan fingerprint density at radius 1 is 1.12 bits per heavy atom. The molecule has 5 atom stereocenters. The highest BCUT2D eigenvalue weighted by atomic mass is 16.5. The van der Waals surface area contributed by atoms with Gasteiger partial charge in [0.2, 0.25) is 0 Å². The fourth-order valence-corrected chi connectivity index (χ4v) is 3.38. The molecule has 1 aliphatic rings. The van der Waals surface area contributed by atoms with Crippen LogP contribution in [0.25, 0.3) is 0 Å². The lowest BCUT2D eigenvalue weighted by Crippen LogP contribution is -2.20. The molecule has 1 aliphatic carbocycles. The van der Waals surface area contributed by atoms with Gasteiger partial charge in [-0.05, 0) is 31.6 Å². The quantitative estimate of drug-likeness (QED) is 0.377. The molecule has 4 nitrogen and oxygen atoms in total. The van der Waals surface area contributed by atoms with Gasteiger partial charge in [0, 0.05) is 26.1 Å². The van der Waals surface area contributed by atoms with Gasteiger partial charge in [-0.15, -0.1) is 0 Å². The van der Waals surface area contributed by atoms with E-state index in [9.17, 15) is 15.3 Å². The first kappa shape index (κ1) is 21.4. The van der Waals surface area contributed by atoms with Gasteiger partial charge in [-0.1, -0.05) is 50.5 Å². The molecule has 1 rings (SSSR count). The summed E-state index contributed by atoms with van der Waals surface area (Å²) in [4.78, 5) is 0. The first-order chi connectivity index (χ1) is 11.6. The van der Waals surface area contributed by atoms with Crippen molar-refractivity contribution in [2.24, 2.45) is 11.8 Å². The Bertz CT molecular complexity index is 367. The summed E-state index contributed by atoms with van der Waals surface area (Å²) >= 11 is 0. The SMILES string of the molecule is CCCCC[C@H](O)/C=C/[C@@H]1[C@@H](C/C=C\CCCOC)[C@@H](O)C[C@H]1O. The highest BCUT2D eigenvalue weighted by Crippen LogP contribution is 2.36. The van der Waals surface area contributed by atoms with E-state index in [0.29, 0.717) is 6.42 Å². The maximum Gasteiger partial charge on any atom is 0.0721 e. The average molecular weight is 341 g/mol. The smallest absolute Gasteiger partial charge is 0.0721 e. The number of aliphatic hydroxyl groups is 3. The molecule has 0 radical (unpaired) electrons. The largest absolute Gasteiger partial charge is 0.393 e. The number of rotatable bonds is 12. The topological polar surface area (TPSA) is 69.9 Å². The van der Waals surface area contributed by atoms with Crippen molar-refractivity contribution in [3.8, 4) is 0 Å². The Kier molecular flexibility index (Phi) is 11.3. The third-order valence-electron chi connectivity index (χ3n) is 4.87. The molecule has 4 heteroatoms. The second kappa shape index (κ2) is 12.6. The Morgan fingerprint density at radius 2 is 1.92 bits per heavy atom. The Morgan fingerprint density at radius 3 is 2.62 bits per heavy atom. The van der Waals surface area contributed by atoms with E-state index in [1.807, 2.05) is 6.08 Å². The zero-order chi connectivity index (χ0) is 17.8. The molecular weight excluding hydrogens is 304 g/mol. The number of hydrogen-bond acceptors (Lipinski definition) is 4. The van der Waals surface area contributed by atoms with Crippen LogP contribution >= 0.6 is 0 Å². The van der Waals surface area contributed by atoms with E-state index >= 15 is 0 Å². The zero-order valence-electron chi connectivity index (χ0n) is 15.3. The minimum atomic E-state index is -0.522. The van der Waals surface area contributed by atoms with E-state index in [4.69, 9.17) is 4.74 Å². The van der Waals surface area contributed by atoms with Crippen LogP contribution in [0, 0.1) is 11.8 Å². The summed E-state index contributed by atoms with van der Waals surface area (Å²) in [5.74, 6) is -0.0535. The number of aliphatic hydroxyl groups excluding tert-OH is 3. The molecule has 0 aliphatic heterocycles. The first-order valence-electron chi connectivity index (χ1n) is 9.46. The zero-order valence-corrected chi connectivity index (χ0v) is 15.3. The normalized spacial score (nSPS) is 29.0. The van der Waals surface area contributed by atoms with Crippen LogP contribution in [0.15, 0.2) is 24.3 Å². The summed E-state index contributed by atoms with van der Waals surface area (Å²) in [6.07, 6.45) is 13.7. The van der Waals surface area contributed by atoms with Crippen molar-refractivity contribution in [2.75, 3.05) is 13.7 Å². The molecule has 0 aromatic carbocycles. The first-order valence-corrected chi connectivity index (χ1v) is 9.46. The van der Waals surface area contributed by atoms with Crippen molar-refractivity contribution in [3.05, 3.63) is 24.3 Å². The molecule has 0 amide bonds. The molecule has 1 saturated carbocycles. The molecule has 0 aromatic heterocycles. The van der Waals surface area contributed by atoms with E-state index in [-0.39, 0.29) is 11.8 Å².